The van der Waals surface area contributed by atoms with Crippen LogP contribution in [0.4, 0.5) is 0 Å². The summed E-state index contributed by atoms with van der Waals surface area (Å²) in [4.78, 5) is 6.76. The molecule has 1 aliphatic rings. The summed E-state index contributed by atoms with van der Waals surface area (Å²) < 4.78 is 0. The maximum atomic E-state index is 6.29. The first-order valence-electron chi connectivity index (χ1n) is 7.23. The van der Waals surface area contributed by atoms with Crippen molar-refractivity contribution in [3.8, 4) is 0 Å². The summed E-state index contributed by atoms with van der Waals surface area (Å²) in [6.45, 7) is 2.11. The van der Waals surface area contributed by atoms with Crippen molar-refractivity contribution in [2.75, 3.05) is 6.54 Å². The number of nitrogens with zero attached hydrogens (tertiary/aromatic N) is 2. The number of hydrogen-bond acceptors (Lipinski definition) is 2. The monoisotopic (exact) mass is 286 g/mol. The van der Waals surface area contributed by atoms with Crippen molar-refractivity contribution in [3.63, 3.8) is 0 Å². The molecule has 104 valence electrons. The van der Waals surface area contributed by atoms with Crippen molar-refractivity contribution in [2.24, 2.45) is 0 Å². The van der Waals surface area contributed by atoms with E-state index in [-0.39, 0.29) is 0 Å². The van der Waals surface area contributed by atoms with E-state index < -0.39 is 0 Å². The molecule has 0 unspecified atom stereocenters. The third-order valence-electron chi connectivity index (χ3n) is 3.99. The lowest BCUT2D eigenvalue weighted by Gasteiger charge is -2.36. The molecule has 0 bridgehead atoms. The predicted octanol–water partition coefficient (Wildman–Crippen LogP) is 4.46. The second-order valence-electron chi connectivity index (χ2n) is 5.35. The minimum absolute atomic E-state index is 0.394. The molecule has 2 aromatic rings. The maximum absolute atomic E-state index is 6.29. The van der Waals surface area contributed by atoms with Crippen molar-refractivity contribution >= 4 is 11.6 Å². The smallest absolute Gasteiger partial charge is 0.133 e. The fourth-order valence-electron chi connectivity index (χ4n) is 3.00. The highest BCUT2D eigenvalue weighted by Gasteiger charge is 2.25. The molecule has 0 radical (unpaired) electrons. The van der Waals surface area contributed by atoms with Crippen LogP contribution in [-0.4, -0.2) is 16.4 Å². The molecular weight excluding hydrogens is 268 g/mol. The fourth-order valence-corrected chi connectivity index (χ4v) is 3.24. The van der Waals surface area contributed by atoms with Crippen LogP contribution in [0.15, 0.2) is 48.7 Å². The SMILES string of the molecule is Clc1ncccc1[C@@H]1CCCCN1Cc1ccccc1. The van der Waals surface area contributed by atoms with Gasteiger partial charge in [0.25, 0.3) is 0 Å². The standard InChI is InChI=1S/C17H19ClN2/c18-17-15(9-6-11-19-17)16-10-4-5-12-20(16)13-14-7-2-1-3-8-14/h1-3,6-9,11,16H,4-5,10,12-13H2/t16-/m0/s1. The Morgan fingerprint density at radius 1 is 1.10 bits per heavy atom. The molecule has 0 amide bonds. The van der Waals surface area contributed by atoms with Gasteiger partial charge in [0.1, 0.15) is 5.15 Å². The quantitative estimate of drug-likeness (QED) is 0.774. The summed E-state index contributed by atoms with van der Waals surface area (Å²) in [5, 5.41) is 0.650. The van der Waals surface area contributed by atoms with E-state index in [0.29, 0.717) is 11.2 Å². The summed E-state index contributed by atoms with van der Waals surface area (Å²) in [6, 6.07) is 15.1. The Balaban J connectivity index is 1.83. The van der Waals surface area contributed by atoms with Gasteiger partial charge in [-0.1, -0.05) is 54.4 Å². The summed E-state index contributed by atoms with van der Waals surface area (Å²) in [6.07, 6.45) is 5.46. The summed E-state index contributed by atoms with van der Waals surface area (Å²) in [7, 11) is 0. The molecule has 3 heteroatoms. The van der Waals surface area contributed by atoms with Gasteiger partial charge in [0.05, 0.1) is 0 Å². The maximum Gasteiger partial charge on any atom is 0.133 e. The van der Waals surface area contributed by atoms with Crippen LogP contribution in [0.5, 0.6) is 0 Å². The number of hydrogen-bond donors (Lipinski definition) is 0. The molecule has 1 aromatic heterocycles. The van der Waals surface area contributed by atoms with Gasteiger partial charge >= 0.3 is 0 Å². The third-order valence-corrected chi connectivity index (χ3v) is 4.30. The van der Waals surface area contributed by atoms with Gasteiger partial charge in [-0.05, 0) is 31.0 Å². The highest BCUT2D eigenvalue weighted by atomic mass is 35.5. The molecule has 0 N–H and O–H groups in total. The van der Waals surface area contributed by atoms with Gasteiger partial charge in [-0.3, -0.25) is 4.90 Å². The van der Waals surface area contributed by atoms with E-state index in [1.54, 1.807) is 6.20 Å². The first kappa shape index (κ1) is 13.6. The van der Waals surface area contributed by atoms with Crippen molar-refractivity contribution in [1.29, 1.82) is 0 Å². The van der Waals surface area contributed by atoms with Crippen LogP contribution in [0.2, 0.25) is 5.15 Å². The third kappa shape index (κ3) is 3.02. The zero-order valence-electron chi connectivity index (χ0n) is 11.5. The van der Waals surface area contributed by atoms with Crippen LogP contribution in [0.1, 0.15) is 36.4 Å². The van der Waals surface area contributed by atoms with E-state index in [4.69, 9.17) is 11.6 Å². The molecule has 3 rings (SSSR count). The average Bonchev–Trinajstić information content (AvgIpc) is 2.50. The van der Waals surface area contributed by atoms with Crippen molar-refractivity contribution in [2.45, 2.75) is 31.8 Å². The largest absolute Gasteiger partial charge is 0.292 e. The lowest BCUT2D eigenvalue weighted by molar-refractivity contribution is 0.140. The first-order valence-corrected chi connectivity index (χ1v) is 7.61. The van der Waals surface area contributed by atoms with Crippen molar-refractivity contribution < 1.29 is 0 Å². The number of piperidine rings is 1. The second-order valence-corrected chi connectivity index (χ2v) is 5.71. The lowest BCUT2D eigenvalue weighted by Crippen LogP contribution is -2.33. The van der Waals surface area contributed by atoms with E-state index in [1.165, 1.54) is 24.0 Å². The van der Waals surface area contributed by atoms with E-state index in [0.717, 1.165) is 19.5 Å². The Morgan fingerprint density at radius 3 is 2.75 bits per heavy atom. The Bertz CT molecular complexity index is 556. The highest BCUT2D eigenvalue weighted by Crippen LogP contribution is 2.34. The molecular formula is C17H19ClN2. The van der Waals surface area contributed by atoms with Gasteiger partial charge in [-0.2, -0.15) is 0 Å². The zero-order chi connectivity index (χ0) is 13.8. The van der Waals surface area contributed by atoms with E-state index in [9.17, 15) is 0 Å². The zero-order valence-corrected chi connectivity index (χ0v) is 12.3. The topological polar surface area (TPSA) is 16.1 Å². The van der Waals surface area contributed by atoms with E-state index in [2.05, 4.69) is 46.3 Å². The van der Waals surface area contributed by atoms with E-state index >= 15 is 0 Å². The van der Waals surface area contributed by atoms with Crippen LogP contribution in [0.25, 0.3) is 0 Å². The molecule has 1 fully saturated rings. The van der Waals surface area contributed by atoms with Gasteiger partial charge in [-0.15, -0.1) is 0 Å². The summed E-state index contributed by atoms with van der Waals surface area (Å²) in [5.74, 6) is 0. The molecule has 1 aromatic carbocycles. The Labute approximate surface area is 125 Å². The second kappa shape index (κ2) is 6.38. The van der Waals surface area contributed by atoms with E-state index in [1.807, 2.05) is 6.07 Å². The van der Waals surface area contributed by atoms with Crippen LogP contribution in [-0.2, 0) is 6.54 Å². The van der Waals surface area contributed by atoms with Crippen molar-refractivity contribution in [1.82, 2.24) is 9.88 Å². The minimum Gasteiger partial charge on any atom is -0.292 e. The number of benzene rings is 1. The number of rotatable bonds is 3. The minimum atomic E-state index is 0.394. The Hall–Kier alpha value is -1.38. The van der Waals surface area contributed by atoms with Gasteiger partial charge in [0.2, 0.25) is 0 Å². The van der Waals surface area contributed by atoms with Gasteiger partial charge in [-0.25, -0.2) is 4.98 Å². The molecule has 1 saturated heterocycles. The lowest BCUT2D eigenvalue weighted by atomic mass is 9.95. The first-order chi connectivity index (χ1) is 9.84. The van der Waals surface area contributed by atoms with Crippen LogP contribution >= 0.6 is 11.6 Å². The van der Waals surface area contributed by atoms with Gasteiger partial charge in [0, 0.05) is 24.3 Å². The van der Waals surface area contributed by atoms with Gasteiger partial charge in [0.15, 0.2) is 0 Å². The molecule has 0 aliphatic carbocycles. The molecule has 1 aliphatic heterocycles. The van der Waals surface area contributed by atoms with Crippen LogP contribution in [0, 0.1) is 0 Å². The number of likely N-dealkylation sites (tertiary alicyclic amines) is 1. The average molecular weight is 287 g/mol. The number of pyridine rings is 1. The number of aromatic nitrogens is 1. The molecule has 20 heavy (non-hydrogen) atoms. The van der Waals surface area contributed by atoms with Crippen LogP contribution < -0.4 is 0 Å². The fraction of sp³-hybridized carbons (Fsp3) is 0.353. The Morgan fingerprint density at radius 2 is 1.95 bits per heavy atom. The summed E-state index contributed by atoms with van der Waals surface area (Å²) >= 11 is 6.29. The molecule has 2 heterocycles. The molecule has 1 atom stereocenters. The Kier molecular flexibility index (Phi) is 4.34. The molecule has 0 saturated carbocycles. The highest BCUT2D eigenvalue weighted by molar-refractivity contribution is 6.30. The molecule has 0 spiro atoms. The normalized spacial score (nSPS) is 19.9. The number of halogens is 1. The summed E-state index contributed by atoms with van der Waals surface area (Å²) in [5.41, 5.74) is 2.53. The van der Waals surface area contributed by atoms with Crippen molar-refractivity contribution in [3.05, 3.63) is 64.9 Å². The van der Waals surface area contributed by atoms with Gasteiger partial charge < -0.3 is 0 Å². The molecule has 2 nitrogen and oxygen atoms in total. The van der Waals surface area contributed by atoms with Crippen LogP contribution in [0.3, 0.4) is 0 Å². The predicted molar refractivity (Wildman–Crippen MR) is 82.7 cm³/mol.